The minimum Gasteiger partial charge on any atom is -0.494 e. The van der Waals surface area contributed by atoms with Crippen molar-refractivity contribution in [3.8, 4) is 5.75 Å². The van der Waals surface area contributed by atoms with Crippen LogP contribution in [0.3, 0.4) is 0 Å². The number of hydrogen-bond acceptors (Lipinski definition) is 4. The van der Waals surface area contributed by atoms with Gasteiger partial charge in [-0.15, -0.1) is 5.10 Å². The highest BCUT2D eigenvalue weighted by molar-refractivity contribution is 5.57. The number of piperidine rings is 1. The standard InChI is InChI=1S/C25H40N4O/c1-4-20(2)19-29-15-11-22(12-16-29)25-18-23(25)13-17-30-24-9-7-21(8-10-24)6-5-14-27-28-26-3/h7-10,14,20,22-23,25H,4-6,11-13,15-19H2,1-3H3. The highest BCUT2D eigenvalue weighted by Gasteiger charge is 2.43. The molecule has 166 valence electrons. The molecule has 1 saturated heterocycles. The molecule has 1 aliphatic carbocycles. The first kappa shape index (κ1) is 22.9. The minimum absolute atomic E-state index is 0.841. The smallest absolute Gasteiger partial charge is 0.119 e. The summed E-state index contributed by atoms with van der Waals surface area (Å²) in [5.74, 6) is 4.66. The molecule has 0 bridgehead atoms. The summed E-state index contributed by atoms with van der Waals surface area (Å²) in [6.07, 6.45) is 10.4. The number of likely N-dealkylation sites (tertiary alicyclic amines) is 1. The molecule has 1 heterocycles. The normalized spacial score (nSPS) is 24.0. The molecule has 5 nitrogen and oxygen atoms in total. The molecule has 1 aromatic carbocycles. The zero-order valence-corrected chi connectivity index (χ0v) is 19.2. The minimum atomic E-state index is 0.841. The van der Waals surface area contributed by atoms with Crippen LogP contribution in [0.5, 0.6) is 5.75 Å². The van der Waals surface area contributed by atoms with Crippen molar-refractivity contribution in [2.75, 3.05) is 33.3 Å². The topological polar surface area (TPSA) is 49.5 Å². The van der Waals surface area contributed by atoms with Gasteiger partial charge in [0.2, 0.25) is 0 Å². The Labute approximate surface area is 183 Å². The lowest BCUT2D eigenvalue weighted by Crippen LogP contribution is -2.37. The van der Waals surface area contributed by atoms with E-state index < -0.39 is 0 Å². The molecule has 2 fully saturated rings. The fourth-order valence-corrected chi connectivity index (χ4v) is 4.77. The van der Waals surface area contributed by atoms with Crippen LogP contribution >= 0.6 is 0 Å². The molecule has 3 unspecified atom stereocenters. The van der Waals surface area contributed by atoms with Crippen molar-refractivity contribution in [2.24, 2.45) is 39.1 Å². The maximum Gasteiger partial charge on any atom is 0.119 e. The Morgan fingerprint density at radius 2 is 1.97 bits per heavy atom. The monoisotopic (exact) mass is 412 g/mol. The van der Waals surface area contributed by atoms with Crippen LogP contribution in [0.2, 0.25) is 0 Å². The van der Waals surface area contributed by atoms with Gasteiger partial charge in [0.15, 0.2) is 0 Å². The van der Waals surface area contributed by atoms with E-state index in [0.717, 1.165) is 48.9 Å². The third kappa shape index (κ3) is 7.50. The maximum atomic E-state index is 6.02. The molecule has 5 heteroatoms. The van der Waals surface area contributed by atoms with Gasteiger partial charge in [-0.2, -0.15) is 5.11 Å². The number of hydrogen-bond donors (Lipinski definition) is 0. The van der Waals surface area contributed by atoms with E-state index in [-0.39, 0.29) is 0 Å². The van der Waals surface area contributed by atoms with E-state index in [9.17, 15) is 0 Å². The highest BCUT2D eigenvalue weighted by atomic mass is 16.5. The number of ether oxygens (including phenoxy) is 1. The summed E-state index contributed by atoms with van der Waals surface area (Å²) in [6.45, 7) is 9.46. The van der Waals surface area contributed by atoms with Crippen molar-refractivity contribution in [2.45, 2.75) is 58.8 Å². The quantitative estimate of drug-likeness (QED) is 0.246. The SMILES string of the molecule is CCC(C)CN1CCC(C2CC2CCOc2ccc(CCC=NN=NC)cc2)CC1. The van der Waals surface area contributed by atoms with Gasteiger partial charge in [-0.25, -0.2) is 0 Å². The lowest BCUT2D eigenvalue weighted by Gasteiger charge is -2.33. The Kier molecular flexibility index (Phi) is 9.31. The zero-order valence-electron chi connectivity index (χ0n) is 19.2. The summed E-state index contributed by atoms with van der Waals surface area (Å²) in [4.78, 5) is 2.69. The van der Waals surface area contributed by atoms with Crippen LogP contribution < -0.4 is 4.74 Å². The molecule has 3 rings (SSSR count). The molecule has 3 atom stereocenters. The number of aryl methyl sites for hydroxylation is 1. The summed E-state index contributed by atoms with van der Waals surface area (Å²) in [5, 5.41) is 11.0. The van der Waals surface area contributed by atoms with Crippen molar-refractivity contribution < 1.29 is 4.74 Å². The van der Waals surface area contributed by atoms with Gasteiger partial charge in [-0.05, 0) is 93.0 Å². The predicted molar refractivity (Wildman–Crippen MR) is 124 cm³/mol. The van der Waals surface area contributed by atoms with Crippen molar-refractivity contribution >= 4 is 6.21 Å². The van der Waals surface area contributed by atoms with Crippen molar-refractivity contribution in [1.82, 2.24) is 4.90 Å². The van der Waals surface area contributed by atoms with E-state index in [2.05, 4.69) is 58.5 Å². The summed E-state index contributed by atoms with van der Waals surface area (Å²) < 4.78 is 6.02. The van der Waals surface area contributed by atoms with Crippen LogP contribution in [-0.4, -0.2) is 44.4 Å². The van der Waals surface area contributed by atoms with Gasteiger partial charge >= 0.3 is 0 Å². The molecule has 1 aromatic rings. The second-order valence-corrected chi connectivity index (χ2v) is 9.22. The average Bonchev–Trinajstić information content (AvgIpc) is 3.54. The third-order valence-corrected chi connectivity index (χ3v) is 6.95. The van der Waals surface area contributed by atoms with E-state index in [4.69, 9.17) is 4.74 Å². The van der Waals surface area contributed by atoms with Gasteiger partial charge in [-0.1, -0.05) is 37.6 Å². The number of rotatable bonds is 12. The van der Waals surface area contributed by atoms with Crippen molar-refractivity contribution in [3.63, 3.8) is 0 Å². The summed E-state index contributed by atoms with van der Waals surface area (Å²) in [6, 6.07) is 8.49. The Hall–Kier alpha value is -1.75. The van der Waals surface area contributed by atoms with Gasteiger partial charge in [0.1, 0.15) is 5.75 Å². The molecule has 1 saturated carbocycles. The van der Waals surface area contributed by atoms with E-state index in [1.54, 1.807) is 13.3 Å². The molecule has 0 amide bonds. The summed E-state index contributed by atoms with van der Waals surface area (Å²) in [5.41, 5.74) is 1.30. The maximum absolute atomic E-state index is 6.02. The molecule has 0 aromatic heterocycles. The van der Waals surface area contributed by atoms with E-state index in [0.29, 0.717) is 0 Å². The van der Waals surface area contributed by atoms with Crippen LogP contribution in [0.1, 0.15) is 57.9 Å². The molecule has 2 aliphatic rings. The van der Waals surface area contributed by atoms with Gasteiger partial charge in [-0.3, -0.25) is 0 Å². The van der Waals surface area contributed by atoms with Crippen LogP contribution in [0.4, 0.5) is 0 Å². The first-order chi connectivity index (χ1) is 14.7. The Morgan fingerprint density at radius 3 is 2.67 bits per heavy atom. The summed E-state index contributed by atoms with van der Waals surface area (Å²) in [7, 11) is 1.62. The van der Waals surface area contributed by atoms with Gasteiger partial charge < -0.3 is 9.64 Å². The van der Waals surface area contributed by atoms with E-state index >= 15 is 0 Å². The number of benzene rings is 1. The van der Waals surface area contributed by atoms with Crippen LogP contribution in [0.15, 0.2) is 39.7 Å². The third-order valence-electron chi connectivity index (χ3n) is 6.95. The van der Waals surface area contributed by atoms with Crippen LogP contribution in [0.25, 0.3) is 0 Å². The first-order valence-corrected chi connectivity index (χ1v) is 11.9. The molecular formula is C25H40N4O. The van der Waals surface area contributed by atoms with Gasteiger partial charge in [0.25, 0.3) is 0 Å². The molecular weight excluding hydrogens is 372 g/mol. The second kappa shape index (κ2) is 12.2. The van der Waals surface area contributed by atoms with E-state index in [1.165, 1.54) is 57.3 Å². The molecule has 0 radical (unpaired) electrons. The molecule has 0 spiro atoms. The van der Waals surface area contributed by atoms with E-state index in [1.807, 2.05) is 0 Å². The fourth-order valence-electron chi connectivity index (χ4n) is 4.77. The lowest BCUT2D eigenvalue weighted by atomic mass is 9.90. The van der Waals surface area contributed by atoms with Gasteiger partial charge in [0, 0.05) is 12.8 Å². The average molecular weight is 413 g/mol. The molecule has 0 N–H and O–H groups in total. The van der Waals surface area contributed by atoms with Gasteiger partial charge in [0.05, 0.1) is 13.7 Å². The fraction of sp³-hybridized carbons (Fsp3) is 0.720. The lowest BCUT2D eigenvalue weighted by molar-refractivity contribution is 0.149. The van der Waals surface area contributed by atoms with Crippen LogP contribution in [0, 0.1) is 23.7 Å². The van der Waals surface area contributed by atoms with Crippen molar-refractivity contribution in [3.05, 3.63) is 29.8 Å². The highest BCUT2D eigenvalue weighted by Crippen LogP contribution is 2.49. The Balaban J connectivity index is 1.28. The second-order valence-electron chi connectivity index (χ2n) is 9.22. The molecule has 30 heavy (non-hydrogen) atoms. The first-order valence-electron chi connectivity index (χ1n) is 11.9. The zero-order chi connectivity index (χ0) is 21.2. The largest absolute Gasteiger partial charge is 0.494 e. The Bertz CT molecular complexity index is 664. The molecule has 1 aliphatic heterocycles. The predicted octanol–water partition coefficient (Wildman–Crippen LogP) is 5.85. The van der Waals surface area contributed by atoms with Crippen molar-refractivity contribution in [1.29, 1.82) is 0 Å². The van der Waals surface area contributed by atoms with Crippen LogP contribution in [-0.2, 0) is 6.42 Å². The summed E-state index contributed by atoms with van der Waals surface area (Å²) >= 11 is 0. The number of nitrogens with zero attached hydrogens (tertiary/aromatic N) is 4. The Morgan fingerprint density at radius 1 is 1.20 bits per heavy atom.